The minimum Gasteiger partial charge on any atom is -0.495 e. The summed E-state index contributed by atoms with van der Waals surface area (Å²) in [5, 5.41) is 0. The molecule has 7 heteroatoms. The maximum atomic E-state index is 13.5. The van der Waals surface area contributed by atoms with Crippen LogP contribution in [0.2, 0.25) is 0 Å². The molecule has 2 heterocycles. The van der Waals surface area contributed by atoms with Crippen LogP contribution in [0.5, 0.6) is 5.75 Å². The summed E-state index contributed by atoms with van der Waals surface area (Å²) in [5.74, 6) is 0.662. The van der Waals surface area contributed by atoms with Gasteiger partial charge in [-0.15, -0.1) is 0 Å². The highest BCUT2D eigenvalue weighted by atomic mass is 32.2. The van der Waals surface area contributed by atoms with Crippen LogP contribution in [0.1, 0.15) is 48.2 Å². The van der Waals surface area contributed by atoms with E-state index >= 15 is 0 Å². The Balaban J connectivity index is 1.65. The number of ether oxygens (including phenoxy) is 1. The molecule has 1 saturated heterocycles. The van der Waals surface area contributed by atoms with Crippen LogP contribution in [-0.4, -0.2) is 35.9 Å². The van der Waals surface area contributed by atoms with Gasteiger partial charge in [0.1, 0.15) is 5.75 Å². The van der Waals surface area contributed by atoms with E-state index in [0.717, 1.165) is 34.5 Å². The molecule has 168 valence electrons. The van der Waals surface area contributed by atoms with Gasteiger partial charge in [-0.3, -0.25) is 0 Å². The zero-order chi connectivity index (χ0) is 22.9. The van der Waals surface area contributed by atoms with E-state index in [1.807, 2.05) is 74.0 Å². The molecule has 0 radical (unpaired) electrons. The van der Waals surface area contributed by atoms with E-state index in [-0.39, 0.29) is 6.04 Å². The van der Waals surface area contributed by atoms with Crippen molar-refractivity contribution >= 4 is 16.1 Å². The molecular weight excluding hydrogens is 422 g/mol. The molecule has 1 aromatic heterocycles. The average molecular weight is 452 g/mol. The Hall–Kier alpha value is -2.90. The number of benzene rings is 2. The minimum absolute atomic E-state index is 0.217. The van der Waals surface area contributed by atoms with E-state index in [4.69, 9.17) is 4.74 Å². The Kier molecular flexibility index (Phi) is 6.22. The van der Waals surface area contributed by atoms with Gasteiger partial charge in [-0.2, -0.15) is 4.31 Å². The van der Waals surface area contributed by atoms with Crippen LogP contribution in [0.4, 0.5) is 0 Å². The molecule has 0 aliphatic carbocycles. The van der Waals surface area contributed by atoms with Crippen molar-refractivity contribution in [2.24, 2.45) is 0 Å². The van der Waals surface area contributed by atoms with E-state index < -0.39 is 10.0 Å². The van der Waals surface area contributed by atoms with Crippen LogP contribution in [0.15, 0.2) is 59.9 Å². The fourth-order valence-electron chi connectivity index (χ4n) is 4.10. The molecule has 2 aromatic carbocycles. The van der Waals surface area contributed by atoms with Crippen molar-refractivity contribution in [3.8, 4) is 11.4 Å². The molecule has 0 spiro atoms. The van der Waals surface area contributed by atoms with E-state index in [1.165, 1.54) is 0 Å². The second kappa shape index (κ2) is 8.92. The Morgan fingerprint density at radius 3 is 2.53 bits per heavy atom. The number of sulfonamides is 1. The highest BCUT2D eigenvalue weighted by Gasteiger charge is 2.34. The first kappa shape index (κ1) is 22.3. The Morgan fingerprint density at radius 2 is 1.88 bits per heavy atom. The molecule has 0 bridgehead atoms. The van der Waals surface area contributed by atoms with Gasteiger partial charge in [0.15, 0.2) is 0 Å². The minimum atomic E-state index is -3.56. The van der Waals surface area contributed by atoms with Gasteiger partial charge in [0.2, 0.25) is 10.0 Å². The van der Waals surface area contributed by atoms with E-state index in [1.54, 1.807) is 23.8 Å². The number of allylic oxidation sites excluding steroid dienone is 1. The smallest absolute Gasteiger partial charge is 0.239 e. The maximum Gasteiger partial charge on any atom is 0.239 e. The summed E-state index contributed by atoms with van der Waals surface area (Å²) in [6, 6.07) is 13.6. The molecule has 0 saturated carbocycles. The van der Waals surface area contributed by atoms with Crippen LogP contribution >= 0.6 is 0 Å². The van der Waals surface area contributed by atoms with Crippen LogP contribution in [0.3, 0.4) is 0 Å². The standard InChI is InChI=1S/C25H29N3O3S/c1-18-7-10-22(11-8-18)20(3)28-13-5-6-23(32(28,29)30)14-21-9-12-24(25(15-21)31-4)27-16-19(2)26-17-27/h7-12,14-17,20H,5-6,13H2,1-4H3/b23-14+/t20-/m1/s1. The van der Waals surface area contributed by atoms with E-state index in [9.17, 15) is 8.42 Å². The molecule has 0 N–H and O–H groups in total. The maximum absolute atomic E-state index is 13.5. The van der Waals surface area contributed by atoms with Crippen molar-refractivity contribution in [1.29, 1.82) is 0 Å². The first-order chi connectivity index (χ1) is 15.3. The Labute approximate surface area is 190 Å². The summed E-state index contributed by atoms with van der Waals surface area (Å²) < 4.78 is 36.0. The number of hydrogen-bond acceptors (Lipinski definition) is 4. The number of aromatic nitrogens is 2. The van der Waals surface area contributed by atoms with Crippen LogP contribution in [-0.2, 0) is 10.0 Å². The monoisotopic (exact) mass is 451 g/mol. The summed E-state index contributed by atoms with van der Waals surface area (Å²) in [7, 11) is -1.95. The summed E-state index contributed by atoms with van der Waals surface area (Å²) in [4.78, 5) is 4.71. The predicted octanol–water partition coefficient (Wildman–Crippen LogP) is 5.03. The molecule has 1 aliphatic heterocycles. The number of imidazole rings is 1. The lowest BCUT2D eigenvalue weighted by Gasteiger charge is -2.33. The third kappa shape index (κ3) is 4.36. The van der Waals surface area contributed by atoms with Crippen molar-refractivity contribution < 1.29 is 13.2 Å². The summed E-state index contributed by atoms with van der Waals surface area (Å²) in [6.45, 7) is 6.44. The van der Waals surface area contributed by atoms with Gasteiger partial charge in [0, 0.05) is 18.8 Å². The average Bonchev–Trinajstić information content (AvgIpc) is 3.21. The summed E-state index contributed by atoms with van der Waals surface area (Å²) in [6.07, 6.45) is 6.76. The predicted molar refractivity (Wildman–Crippen MR) is 127 cm³/mol. The number of nitrogens with zero attached hydrogens (tertiary/aromatic N) is 3. The van der Waals surface area contributed by atoms with Crippen molar-refractivity contribution in [3.05, 3.63) is 82.3 Å². The molecular formula is C25H29N3O3S. The lowest BCUT2D eigenvalue weighted by molar-refractivity contribution is 0.330. The van der Waals surface area contributed by atoms with E-state index in [0.29, 0.717) is 23.6 Å². The molecule has 4 rings (SSSR count). The second-order valence-electron chi connectivity index (χ2n) is 8.27. The SMILES string of the molecule is COc1cc(/C=C2\CCCN([C@H](C)c3ccc(C)cc3)S2(=O)=O)ccc1-n1cnc(C)c1. The zero-order valence-electron chi connectivity index (χ0n) is 18.9. The normalized spacial score (nSPS) is 18.6. The first-order valence-corrected chi connectivity index (χ1v) is 12.2. The highest BCUT2D eigenvalue weighted by Crippen LogP contribution is 2.35. The van der Waals surface area contributed by atoms with Crippen molar-refractivity contribution in [2.75, 3.05) is 13.7 Å². The Morgan fingerprint density at radius 1 is 1.12 bits per heavy atom. The summed E-state index contributed by atoms with van der Waals surface area (Å²) >= 11 is 0. The number of hydrogen-bond donors (Lipinski definition) is 0. The molecule has 6 nitrogen and oxygen atoms in total. The molecule has 1 aliphatic rings. The number of rotatable bonds is 5. The van der Waals surface area contributed by atoms with Gasteiger partial charge in [-0.05, 0) is 62.9 Å². The van der Waals surface area contributed by atoms with Crippen molar-refractivity contribution in [3.63, 3.8) is 0 Å². The molecule has 1 fully saturated rings. The molecule has 3 aromatic rings. The van der Waals surface area contributed by atoms with Gasteiger partial charge in [-0.25, -0.2) is 13.4 Å². The van der Waals surface area contributed by atoms with Gasteiger partial charge in [-0.1, -0.05) is 35.9 Å². The first-order valence-electron chi connectivity index (χ1n) is 10.8. The molecule has 0 amide bonds. The third-order valence-electron chi connectivity index (χ3n) is 5.95. The summed E-state index contributed by atoms with van der Waals surface area (Å²) in [5.41, 5.74) is 4.73. The molecule has 1 atom stereocenters. The van der Waals surface area contributed by atoms with Crippen molar-refractivity contribution in [1.82, 2.24) is 13.9 Å². The van der Waals surface area contributed by atoms with Crippen LogP contribution in [0.25, 0.3) is 11.8 Å². The fraction of sp³-hybridized carbons (Fsp3) is 0.320. The fourth-order valence-corrected chi connectivity index (χ4v) is 6.00. The quantitative estimate of drug-likeness (QED) is 0.546. The van der Waals surface area contributed by atoms with Crippen LogP contribution < -0.4 is 4.74 Å². The molecule has 0 unspecified atom stereocenters. The molecule has 32 heavy (non-hydrogen) atoms. The van der Waals surface area contributed by atoms with Crippen LogP contribution in [0, 0.1) is 13.8 Å². The highest BCUT2D eigenvalue weighted by molar-refractivity contribution is 7.93. The zero-order valence-corrected chi connectivity index (χ0v) is 19.8. The van der Waals surface area contributed by atoms with E-state index in [2.05, 4.69) is 4.98 Å². The Bertz CT molecular complexity index is 1240. The van der Waals surface area contributed by atoms with Gasteiger partial charge < -0.3 is 9.30 Å². The van der Waals surface area contributed by atoms with Crippen molar-refractivity contribution in [2.45, 2.75) is 39.7 Å². The lowest BCUT2D eigenvalue weighted by atomic mass is 10.1. The largest absolute Gasteiger partial charge is 0.495 e. The van der Waals surface area contributed by atoms with Gasteiger partial charge in [0.05, 0.1) is 29.7 Å². The number of methoxy groups -OCH3 is 1. The van der Waals surface area contributed by atoms with Gasteiger partial charge >= 0.3 is 0 Å². The number of aryl methyl sites for hydroxylation is 2. The lowest BCUT2D eigenvalue weighted by Crippen LogP contribution is -2.38. The topological polar surface area (TPSA) is 64.4 Å². The second-order valence-corrected chi connectivity index (χ2v) is 10.2. The third-order valence-corrected chi connectivity index (χ3v) is 8.06. The van der Waals surface area contributed by atoms with Gasteiger partial charge in [0.25, 0.3) is 0 Å².